The van der Waals surface area contributed by atoms with E-state index in [1.807, 2.05) is 45.9 Å². The van der Waals surface area contributed by atoms with Crippen LogP contribution in [0.2, 0.25) is 5.02 Å². The smallest absolute Gasteiger partial charge is 0.201 e. The fourth-order valence-corrected chi connectivity index (χ4v) is 5.52. The van der Waals surface area contributed by atoms with Crippen molar-refractivity contribution >= 4 is 28.2 Å². The maximum atomic E-state index is 13.8. The second kappa shape index (κ2) is 8.28. The maximum absolute atomic E-state index is 13.8. The van der Waals surface area contributed by atoms with Crippen LogP contribution in [0.3, 0.4) is 0 Å². The topological polar surface area (TPSA) is 109 Å². The molecular weight excluding hydrogens is 494 g/mol. The summed E-state index contributed by atoms with van der Waals surface area (Å²) in [7, 11) is 3.11. The Morgan fingerprint density at radius 1 is 0.865 bits per heavy atom. The number of aromatic hydroxyl groups is 3. The molecule has 0 radical (unpaired) electrons. The average Bonchev–Trinajstić information content (AvgIpc) is 2.84. The molecule has 0 saturated carbocycles. The molecule has 37 heavy (non-hydrogen) atoms. The minimum atomic E-state index is -0.852. The van der Waals surface area contributed by atoms with E-state index < -0.39 is 16.9 Å². The molecule has 0 saturated heterocycles. The zero-order valence-electron chi connectivity index (χ0n) is 21.3. The summed E-state index contributed by atoms with van der Waals surface area (Å²) < 4.78 is 11.1. The molecule has 0 aliphatic heterocycles. The van der Waals surface area contributed by atoms with Crippen molar-refractivity contribution in [1.29, 1.82) is 0 Å². The van der Waals surface area contributed by atoms with E-state index in [1.165, 1.54) is 6.07 Å². The number of methoxy groups -OCH3 is 2. The third-order valence-electron chi connectivity index (χ3n) is 7.21. The number of rotatable bonds is 3. The SMILES string of the molecule is COc1cc(C)c(-c2nc(C)cc3cc4c(c(O)c23)C(=O)c2c(cc(O)c(Cl)c2O)C4(C)C)c(OC)c1. The van der Waals surface area contributed by atoms with Crippen LogP contribution in [0.25, 0.3) is 22.0 Å². The first-order valence-electron chi connectivity index (χ1n) is 11.6. The molecule has 8 heteroatoms. The Morgan fingerprint density at radius 2 is 1.51 bits per heavy atom. The Bertz CT molecular complexity index is 1660. The number of aryl methyl sites for hydroxylation is 2. The molecule has 0 atom stereocenters. The van der Waals surface area contributed by atoms with Crippen LogP contribution in [0, 0.1) is 13.8 Å². The standard InChI is InChI=1S/C29H26ClNO6/c1-12-7-15(36-5)10-19(37-6)20(12)25-21-14(8-13(2)31-25)9-16-22(26(21)33)27(34)23-17(29(16,3)4)11-18(32)24(30)28(23)35/h7-11,32-33,35H,1-6H3. The molecule has 1 aromatic heterocycles. The predicted octanol–water partition coefficient (Wildman–Crippen LogP) is 6.18. The van der Waals surface area contributed by atoms with Crippen molar-refractivity contribution < 1.29 is 29.6 Å². The number of ether oxygens (including phenoxy) is 2. The van der Waals surface area contributed by atoms with Gasteiger partial charge in [-0.15, -0.1) is 0 Å². The van der Waals surface area contributed by atoms with Gasteiger partial charge in [0.2, 0.25) is 5.78 Å². The summed E-state index contributed by atoms with van der Waals surface area (Å²) in [5.74, 6) is -0.565. The highest BCUT2D eigenvalue weighted by Gasteiger charge is 2.42. The van der Waals surface area contributed by atoms with Gasteiger partial charge >= 0.3 is 0 Å². The minimum Gasteiger partial charge on any atom is -0.506 e. The number of pyridine rings is 1. The van der Waals surface area contributed by atoms with Crippen molar-refractivity contribution in [3.05, 3.63) is 68.9 Å². The molecule has 1 aliphatic carbocycles. The molecule has 0 spiro atoms. The average molecular weight is 520 g/mol. The quantitative estimate of drug-likeness (QED) is 0.296. The number of hydrogen-bond acceptors (Lipinski definition) is 7. The highest BCUT2D eigenvalue weighted by Crippen LogP contribution is 2.53. The van der Waals surface area contributed by atoms with E-state index in [0.29, 0.717) is 50.3 Å². The summed E-state index contributed by atoms with van der Waals surface area (Å²) in [6, 6.07) is 8.69. The normalized spacial score (nSPS) is 13.9. The summed E-state index contributed by atoms with van der Waals surface area (Å²) in [6.45, 7) is 7.47. The Balaban J connectivity index is 1.91. The van der Waals surface area contributed by atoms with Crippen LogP contribution in [-0.2, 0) is 5.41 Å². The molecule has 0 bridgehead atoms. The zero-order chi connectivity index (χ0) is 27.0. The summed E-state index contributed by atoms with van der Waals surface area (Å²) in [5.41, 5.74) is 2.77. The third-order valence-corrected chi connectivity index (χ3v) is 7.58. The van der Waals surface area contributed by atoms with Crippen molar-refractivity contribution in [3.63, 3.8) is 0 Å². The van der Waals surface area contributed by atoms with E-state index in [9.17, 15) is 20.1 Å². The lowest BCUT2D eigenvalue weighted by atomic mass is 9.67. The predicted molar refractivity (Wildman–Crippen MR) is 142 cm³/mol. The number of fused-ring (bicyclic) bond motifs is 3. The number of carbonyl (C=O) groups excluding carboxylic acids is 1. The van der Waals surface area contributed by atoms with Crippen molar-refractivity contribution in [2.75, 3.05) is 14.2 Å². The van der Waals surface area contributed by atoms with Gasteiger partial charge in [-0.3, -0.25) is 9.78 Å². The molecule has 3 aromatic carbocycles. The van der Waals surface area contributed by atoms with Crippen LogP contribution >= 0.6 is 11.6 Å². The highest BCUT2D eigenvalue weighted by atomic mass is 35.5. The third kappa shape index (κ3) is 3.41. The molecule has 0 unspecified atom stereocenters. The number of nitrogens with zero attached hydrogens (tertiary/aromatic N) is 1. The fourth-order valence-electron chi connectivity index (χ4n) is 5.37. The van der Waals surface area contributed by atoms with Crippen LogP contribution in [0.5, 0.6) is 28.7 Å². The van der Waals surface area contributed by atoms with E-state index >= 15 is 0 Å². The second-order valence-corrected chi connectivity index (χ2v) is 10.2. The fraction of sp³-hybridized carbons (Fsp3) is 0.241. The number of aromatic nitrogens is 1. The molecule has 4 aromatic rings. The maximum Gasteiger partial charge on any atom is 0.201 e. The first-order chi connectivity index (χ1) is 17.4. The number of hydrogen-bond donors (Lipinski definition) is 3. The summed E-state index contributed by atoms with van der Waals surface area (Å²) in [6.07, 6.45) is 0. The zero-order valence-corrected chi connectivity index (χ0v) is 22.0. The minimum absolute atomic E-state index is 0.0465. The van der Waals surface area contributed by atoms with E-state index in [4.69, 9.17) is 26.1 Å². The molecular formula is C29H26ClNO6. The van der Waals surface area contributed by atoms with Crippen LogP contribution in [0.15, 0.2) is 30.3 Å². The molecule has 5 rings (SSSR count). The van der Waals surface area contributed by atoms with E-state index in [-0.39, 0.29) is 27.6 Å². The van der Waals surface area contributed by atoms with Gasteiger partial charge in [-0.25, -0.2) is 0 Å². The number of ketones is 1. The summed E-state index contributed by atoms with van der Waals surface area (Å²) in [4.78, 5) is 18.6. The van der Waals surface area contributed by atoms with Gasteiger partial charge in [0.25, 0.3) is 0 Å². The largest absolute Gasteiger partial charge is 0.506 e. The van der Waals surface area contributed by atoms with Gasteiger partial charge < -0.3 is 24.8 Å². The lowest BCUT2D eigenvalue weighted by molar-refractivity contribution is 0.102. The Morgan fingerprint density at radius 3 is 2.16 bits per heavy atom. The Labute approximate surface area is 218 Å². The number of halogens is 1. The van der Waals surface area contributed by atoms with E-state index in [0.717, 1.165) is 5.56 Å². The Hall–Kier alpha value is -3.97. The molecule has 7 nitrogen and oxygen atoms in total. The van der Waals surface area contributed by atoms with Gasteiger partial charge in [-0.05, 0) is 60.2 Å². The van der Waals surface area contributed by atoms with Gasteiger partial charge in [0.15, 0.2) is 0 Å². The number of benzene rings is 3. The molecule has 1 heterocycles. The van der Waals surface area contributed by atoms with Gasteiger partial charge in [0.1, 0.15) is 33.8 Å². The van der Waals surface area contributed by atoms with Crippen LogP contribution < -0.4 is 9.47 Å². The first-order valence-corrected chi connectivity index (χ1v) is 12.0. The number of phenolic OH excluding ortho intramolecular Hbond substituents is 3. The van der Waals surface area contributed by atoms with Crippen LogP contribution in [0.4, 0.5) is 0 Å². The summed E-state index contributed by atoms with van der Waals surface area (Å²) in [5, 5.41) is 33.5. The molecule has 3 N–H and O–H groups in total. The number of phenols is 3. The van der Waals surface area contributed by atoms with Gasteiger partial charge in [0.05, 0.1) is 36.4 Å². The summed E-state index contributed by atoms with van der Waals surface area (Å²) >= 11 is 6.08. The molecule has 0 fully saturated rings. The molecule has 190 valence electrons. The second-order valence-electron chi connectivity index (χ2n) is 9.81. The Kier molecular flexibility index (Phi) is 5.53. The first kappa shape index (κ1) is 24.7. The van der Waals surface area contributed by atoms with Crippen LogP contribution in [0.1, 0.15) is 52.2 Å². The number of carbonyl (C=O) groups is 1. The van der Waals surface area contributed by atoms with Gasteiger partial charge in [-0.1, -0.05) is 25.4 Å². The van der Waals surface area contributed by atoms with E-state index in [2.05, 4.69) is 0 Å². The van der Waals surface area contributed by atoms with Crippen molar-refractivity contribution in [2.45, 2.75) is 33.1 Å². The van der Waals surface area contributed by atoms with E-state index in [1.54, 1.807) is 20.3 Å². The lowest BCUT2D eigenvalue weighted by Gasteiger charge is -2.35. The van der Waals surface area contributed by atoms with Crippen molar-refractivity contribution in [2.24, 2.45) is 0 Å². The molecule has 0 amide bonds. The highest BCUT2D eigenvalue weighted by molar-refractivity contribution is 6.35. The van der Waals surface area contributed by atoms with Crippen molar-refractivity contribution in [1.82, 2.24) is 4.98 Å². The van der Waals surface area contributed by atoms with Crippen molar-refractivity contribution in [3.8, 4) is 40.0 Å². The molecule has 1 aliphatic rings. The monoisotopic (exact) mass is 519 g/mol. The van der Waals surface area contributed by atoms with Gasteiger partial charge in [-0.2, -0.15) is 0 Å². The van der Waals surface area contributed by atoms with Crippen LogP contribution in [-0.4, -0.2) is 40.3 Å². The van der Waals surface area contributed by atoms with Gasteiger partial charge in [0, 0.05) is 22.7 Å². The lowest BCUT2D eigenvalue weighted by Crippen LogP contribution is -2.30.